The fourth-order valence-corrected chi connectivity index (χ4v) is 5.04. The van der Waals surface area contributed by atoms with Crippen molar-refractivity contribution >= 4 is 27.1 Å². The number of benzene rings is 2. The molecule has 0 radical (unpaired) electrons. The summed E-state index contributed by atoms with van der Waals surface area (Å²) in [7, 11) is -3.39. The van der Waals surface area contributed by atoms with Gasteiger partial charge < -0.3 is 9.73 Å². The van der Waals surface area contributed by atoms with E-state index >= 15 is 0 Å². The minimum Gasteiger partial charge on any atom is -0.424 e. The minimum absolute atomic E-state index is 0.380. The van der Waals surface area contributed by atoms with E-state index in [1.54, 1.807) is 16.4 Å². The van der Waals surface area contributed by atoms with Crippen molar-refractivity contribution in [2.45, 2.75) is 37.0 Å². The molecule has 0 aliphatic carbocycles. The molecule has 0 bridgehead atoms. The average Bonchev–Trinajstić information content (AvgIpc) is 2.91. The molecule has 1 aliphatic rings. The van der Waals surface area contributed by atoms with Crippen molar-refractivity contribution in [3.63, 3.8) is 0 Å². The van der Waals surface area contributed by atoms with E-state index in [0.717, 1.165) is 48.8 Å². The molecule has 1 aliphatic heterocycles. The number of aromatic nitrogens is 1. The third kappa shape index (κ3) is 4.20. The summed E-state index contributed by atoms with van der Waals surface area (Å²) in [5, 5.41) is 3.18. The highest BCUT2D eigenvalue weighted by atomic mass is 32.2. The van der Waals surface area contributed by atoms with Crippen molar-refractivity contribution in [2.24, 2.45) is 0 Å². The van der Waals surface area contributed by atoms with Crippen molar-refractivity contribution in [1.82, 2.24) is 9.29 Å². The van der Waals surface area contributed by atoms with Crippen LogP contribution in [0, 0.1) is 0 Å². The number of nitrogens with zero attached hydrogens (tertiary/aromatic N) is 2. The molecule has 7 heteroatoms. The summed E-state index contributed by atoms with van der Waals surface area (Å²) >= 11 is 0. The van der Waals surface area contributed by atoms with Crippen LogP contribution in [-0.4, -0.2) is 37.3 Å². The van der Waals surface area contributed by atoms with E-state index in [1.807, 2.05) is 36.4 Å². The van der Waals surface area contributed by atoms with Crippen LogP contribution in [0.15, 0.2) is 57.8 Å². The van der Waals surface area contributed by atoms with Gasteiger partial charge in [0.25, 0.3) is 6.01 Å². The molecule has 3 aromatic rings. The van der Waals surface area contributed by atoms with Gasteiger partial charge in [0.05, 0.1) is 4.90 Å². The molecule has 0 saturated carbocycles. The van der Waals surface area contributed by atoms with E-state index in [1.165, 1.54) is 0 Å². The van der Waals surface area contributed by atoms with Crippen LogP contribution in [0.2, 0.25) is 0 Å². The molecular weight excluding hydrogens is 374 g/mol. The lowest BCUT2D eigenvalue weighted by molar-refractivity contribution is 0.423. The van der Waals surface area contributed by atoms with Gasteiger partial charge in [-0.05, 0) is 49.1 Å². The number of para-hydroxylation sites is 2. The molecule has 0 unspecified atom stereocenters. The van der Waals surface area contributed by atoms with Crippen molar-refractivity contribution in [3.8, 4) is 0 Å². The first-order valence-electron chi connectivity index (χ1n) is 9.81. The Morgan fingerprint density at radius 1 is 0.964 bits per heavy atom. The first-order chi connectivity index (χ1) is 13.6. The highest BCUT2D eigenvalue weighted by Crippen LogP contribution is 2.21. The molecule has 1 saturated heterocycles. The maximum absolute atomic E-state index is 12.8. The van der Waals surface area contributed by atoms with Crippen LogP contribution in [0.4, 0.5) is 6.01 Å². The van der Waals surface area contributed by atoms with Gasteiger partial charge in [0.15, 0.2) is 5.58 Å². The van der Waals surface area contributed by atoms with E-state index in [4.69, 9.17) is 4.42 Å². The minimum atomic E-state index is -3.39. The van der Waals surface area contributed by atoms with E-state index in [-0.39, 0.29) is 0 Å². The first kappa shape index (κ1) is 19.0. The zero-order valence-electron chi connectivity index (χ0n) is 15.8. The van der Waals surface area contributed by atoms with E-state index in [2.05, 4.69) is 10.3 Å². The van der Waals surface area contributed by atoms with Crippen LogP contribution >= 0.6 is 0 Å². The summed E-state index contributed by atoms with van der Waals surface area (Å²) in [4.78, 5) is 4.77. The number of hydrogen-bond donors (Lipinski definition) is 1. The number of fused-ring (bicyclic) bond motifs is 1. The molecule has 28 heavy (non-hydrogen) atoms. The Morgan fingerprint density at radius 3 is 2.39 bits per heavy atom. The van der Waals surface area contributed by atoms with Crippen LogP contribution in [-0.2, 0) is 16.4 Å². The lowest BCUT2D eigenvalue weighted by Gasteiger charge is -2.20. The number of rotatable bonds is 6. The largest absolute Gasteiger partial charge is 0.424 e. The molecular formula is C21H25N3O3S. The summed E-state index contributed by atoms with van der Waals surface area (Å²) in [6.07, 6.45) is 4.86. The van der Waals surface area contributed by atoms with E-state index in [9.17, 15) is 8.42 Å². The molecule has 148 valence electrons. The Balaban J connectivity index is 1.36. The lowest BCUT2D eigenvalue weighted by Crippen LogP contribution is -2.31. The second-order valence-electron chi connectivity index (χ2n) is 7.13. The molecule has 0 spiro atoms. The summed E-state index contributed by atoms with van der Waals surface area (Å²) in [6, 6.07) is 15.3. The topological polar surface area (TPSA) is 75.4 Å². The van der Waals surface area contributed by atoms with Crippen molar-refractivity contribution < 1.29 is 12.8 Å². The highest BCUT2D eigenvalue weighted by Gasteiger charge is 2.24. The van der Waals surface area contributed by atoms with Crippen LogP contribution < -0.4 is 5.32 Å². The Labute approximate surface area is 165 Å². The molecule has 2 heterocycles. The van der Waals surface area contributed by atoms with Crippen LogP contribution in [0.1, 0.15) is 31.2 Å². The van der Waals surface area contributed by atoms with Gasteiger partial charge in [0.2, 0.25) is 10.0 Å². The standard InChI is InChI=1S/C21H25N3O3S/c25-28(26,24-15-5-1-2-6-16-24)18-11-9-17(10-12-18)13-14-22-21-23-19-7-3-4-8-20(19)27-21/h3-4,7-12H,1-2,5-6,13-16H2,(H,22,23). The SMILES string of the molecule is O=S(=O)(c1ccc(CCNc2nc3ccccc3o2)cc1)N1CCCCCC1. The third-order valence-electron chi connectivity index (χ3n) is 5.11. The molecule has 6 nitrogen and oxygen atoms in total. The number of sulfonamides is 1. The van der Waals surface area contributed by atoms with Crippen LogP contribution in [0.3, 0.4) is 0 Å². The molecule has 1 aromatic heterocycles. The van der Waals surface area contributed by atoms with Crippen LogP contribution in [0.25, 0.3) is 11.1 Å². The van der Waals surface area contributed by atoms with Gasteiger partial charge in [-0.2, -0.15) is 9.29 Å². The first-order valence-corrected chi connectivity index (χ1v) is 11.3. The van der Waals surface area contributed by atoms with Crippen LogP contribution in [0.5, 0.6) is 0 Å². The third-order valence-corrected chi connectivity index (χ3v) is 7.02. The predicted molar refractivity (Wildman–Crippen MR) is 110 cm³/mol. The molecule has 0 amide bonds. The Hall–Kier alpha value is -2.38. The van der Waals surface area contributed by atoms with E-state index in [0.29, 0.717) is 30.5 Å². The zero-order valence-corrected chi connectivity index (χ0v) is 16.6. The number of nitrogens with one attached hydrogen (secondary N) is 1. The fraction of sp³-hybridized carbons (Fsp3) is 0.381. The average molecular weight is 400 g/mol. The molecule has 0 atom stereocenters. The Bertz CT molecular complexity index is 987. The molecule has 4 rings (SSSR count). The number of oxazole rings is 1. The van der Waals surface area contributed by atoms with Gasteiger partial charge in [-0.25, -0.2) is 8.42 Å². The highest BCUT2D eigenvalue weighted by molar-refractivity contribution is 7.89. The molecule has 1 N–H and O–H groups in total. The molecule has 2 aromatic carbocycles. The summed E-state index contributed by atoms with van der Waals surface area (Å²) < 4.78 is 32.9. The van der Waals surface area contributed by atoms with Gasteiger partial charge in [-0.1, -0.05) is 37.1 Å². The second-order valence-corrected chi connectivity index (χ2v) is 9.06. The van der Waals surface area contributed by atoms with Gasteiger partial charge in [0, 0.05) is 19.6 Å². The maximum atomic E-state index is 12.8. The predicted octanol–water partition coefficient (Wildman–Crippen LogP) is 4.05. The second kappa shape index (κ2) is 8.32. The van der Waals surface area contributed by atoms with Gasteiger partial charge in [-0.15, -0.1) is 0 Å². The number of anilines is 1. The lowest BCUT2D eigenvalue weighted by atomic mass is 10.1. The van der Waals surface area contributed by atoms with Crippen molar-refractivity contribution in [1.29, 1.82) is 0 Å². The normalized spacial score (nSPS) is 16.1. The summed E-state index contributed by atoms with van der Waals surface area (Å²) in [5.41, 5.74) is 2.65. The monoisotopic (exact) mass is 399 g/mol. The quantitative estimate of drug-likeness (QED) is 0.677. The Morgan fingerprint density at radius 2 is 1.68 bits per heavy atom. The van der Waals surface area contributed by atoms with Gasteiger partial charge in [-0.3, -0.25) is 0 Å². The molecule has 1 fully saturated rings. The van der Waals surface area contributed by atoms with Crippen molar-refractivity contribution in [2.75, 3.05) is 25.0 Å². The Kier molecular flexibility index (Phi) is 5.64. The summed E-state index contributed by atoms with van der Waals surface area (Å²) in [5.74, 6) is 0. The fourth-order valence-electron chi connectivity index (χ4n) is 3.52. The number of hydrogen-bond acceptors (Lipinski definition) is 5. The zero-order chi connectivity index (χ0) is 19.4. The van der Waals surface area contributed by atoms with E-state index < -0.39 is 10.0 Å². The summed E-state index contributed by atoms with van der Waals surface area (Å²) in [6.45, 7) is 1.90. The van der Waals surface area contributed by atoms with Gasteiger partial charge in [0.1, 0.15) is 5.52 Å². The van der Waals surface area contributed by atoms with Crippen molar-refractivity contribution in [3.05, 3.63) is 54.1 Å². The van der Waals surface area contributed by atoms with Gasteiger partial charge >= 0.3 is 0 Å². The maximum Gasteiger partial charge on any atom is 0.295 e. The smallest absolute Gasteiger partial charge is 0.295 e.